The highest BCUT2D eigenvalue weighted by molar-refractivity contribution is 14.0. The standard InChI is InChI=1S/C10H19NO5.C10H17NO4.CH4.HI/c1-10(2,3)16-9(14)11(4)7(6-12)8(13)15-5;1-7(8(12)14-6)11(5)9(13)15-10(2,3)4;;/h7,12H,6H2,1-5H3;1H2,2-6H3;1H4;1H. The van der Waals surface area contributed by atoms with E-state index < -0.39 is 48.0 Å². The highest BCUT2D eigenvalue weighted by Crippen LogP contribution is 2.12. The van der Waals surface area contributed by atoms with Crippen LogP contribution in [0.2, 0.25) is 0 Å². The SMILES string of the molecule is C.C=C(C(=O)OC)N(C)C(=O)OC(C)(C)C.COC(=O)C(CO)N(C)C(=O)OC(C)(C)C.I. The molecule has 11 nitrogen and oxygen atoms in total. The summed E-state index contributed by atoms with van der Waals surface area (Å²) in [6.45, 7) is 13.3. The maximum absolute atomic E-state index is 11.6. The molecule has 0 aliphatic heterocycles. The van der Waals surface area contributed by atoms with Crippen LogP contribution in [0.1, 0.15) is 49.0 Å². The first kappa shape index (κ1) is 38.2. The first-order valence-corrected chi connectivity index (χ1v) is 9.30. The number of methoxy groups -OCH3 is 2. The number of carbonyl (C=O) groups is 4. The smallest absolute Gasteiger partial charge is 0.414 e. The molecule has 2 amide bonds. The van der Waals surface area contributed by atoms with Gasteiger partial charge in [-0.2, -0.15) is 0 Å². The molecule has 12 heteroatoms. The lowest BCUT2D eigenvalue weighted by Crippen LogP contribution is -2.47. The fourth-order valence-corrected chi connectivity index (χ4v) is 1.65. The predicted octanol–water partition coefficient (Wildman–Crippen LogP) is 3.18. The van der Waals surface area contributed by atoms with Crippen LogP contribution in [0.25, 0.3) is 0 Å². The maximum atomic E-state index is 11.6. The van der Waals surface area contributed by atoms with Gasteiger partial charge in [-0.1, -0.05) is 14.0 Å². The number of aliphatic hydroxyl groups excluding tert-OH is 1. The van der Waals surface area contributed by atoms with Crippen LogP contribution in [-0.2, 0) is 28.5 Å². The first-order valence-electron chi connectivity index (χ1n) is 9.30. The van der Waals surface area contributed by atoms with Gasteiger partial charge in [-0.15, -0.1) is 24.0 Å². The summed E-state index contributed by atoms with van der Waals surface area (Å²) in [6, 6.07) is -1.04. The number of hydrogen-bond acceptors (Lipinski definition) is 9. The third kappa shape index (κ3) is 16.2. The van der Waals surface area contributed by atoms with E-state index in [9.17, 15) is 19.2 Å². The normalized spacial score (nSPS) is 11.0. The zero-order valence-corrected chi connectivity index (χ0v) is 22.8. The van der Waals surface area contributed by atoms with Gasteiger partial charge < -0.3 is 24.1 Å². The zero-order chi connectivity index (χ0) is 25.2. The minimum absolute atomic E-state index is 0. The van der Waals surface area contributed by atoms with Crippen LogP contribution in [0.15, 0.2) is 12.3 Å². The van der Waals surface area contributed by atoms with Crippen LogP contribution in [-0.4, -0.2) is 91.2 Å². The second-order valence-electron chi connectivity index (χ2n) is 8.29. The van der Waals surface area contributed by atoms with Crippen molar-refractivity contribution in [3.63, 3.8) is 0 Å². The van der Waals surface area contributed by atoms with E-state index in [1.165, 1.54) is 28.3 Å². The molecular weight excluding hydrogens is 551 g/mol. The maximum Gasteiger partial charge on any atom is 0.414 e. The van der Waals surface area contributed by atoms with E-state index >= 15 is 0 Å². The van der Waals surface area contributed by atoms with Crippen LogP contribution in [0, 0.1) is 0 Å². The molecule has 0 aliphatic rings. The average molecular weight is 592 g/mol. The Morgan fingerprint density at radius 1 is 0.879 bits per heavy atom. The Hall–Kier alpha value is -2.09. The third-order valence-electron chi connectivity index (χ3n) is 3.29. The summed E-state index contributed by atoms with van der Waals surface area (Å²) in [6.07, 6.45) is -1.32. The molecule has 33 heavy (non-hydrogen) atoms. The van der Waals surface area contributed by atoms with Crippen LogP contribution in [0.4, 0.5) is 9.59 Å². The Balaban J connectivity index is -0.000000241. The Kier molecular flexibility index (Phi) is 19.1. The summed E-state index contributed by atoms with van der Waals surface area (Å²) in [5.41, 5.74) is -1.32. The highest BCUT2D eigenvalue weighted by Gasteiger charge is 2.30. The zero-order valence-electron chi connectivity index (χ0n) is 20.5. The van der Waals surface area contributed by atoms with Gasteiger partial charge in [-0.05, 0) is 41.5 Å². The number of ether oxygens (including phenoxy) is 4. The molecule has 0 aliphatic carbocycles. The Morgan fingerprint density at radius 2 is 1.27 bits per heavy atom. The van der Waals surface area contributed by atoms with Gasteiger partial charge in [0, 0.05) is 14.1 Å². The Morgan fingerprint density at radius 3 is 1.58 bits per heavy atom. The largest absolute Gasteiger partial charge is 0.467 e. The van der Waals surface area contributed by atoms with E-state index in [0.29, 0.717) is 0 Å². The van der Waals surface area contributed by atoms with Gasteiger partial charge in [0.2, 0.25) is 0 Å². The van der Waals surface area contributed by atoms with Crippen molar-refractivity contribution in [2.75, 3.05) is 34.9 Å². The second kappa shape index (κ2) is 16.5. The van der Waals surface area contributed by atoms with Crippen LogP contribution in [0.5, 0.6) is 0 Å². The quantitative estimate of drug-likeness (QED) is 0.221. The van der Waals surface area contributed by atoms with Gasteiger partial charge in [-0.3, -0.25) is 9.80 Å². The molecule has 196 valence electrons. The van der Waals surface area contributed by atoms with Gasteiger partial charge in [-0.25, -0.2) is 19.2 Å². The molecule has 0 aromatic rings. The van der Waals surface area contributed by atoms with E-state index in [1.54, 1.807) is 41.5 Å². The van der Waals surface area contributed by atoms with Gasteiger partial charge in [0.25, 0.3) is 0 Å². The van der Waals surface area contributed by atoms with E-state index in [1.807, 2.05) is 0 Å². The number of halogens is 1. The van der Waals surface area contributed by atoms with Crippen molar-refractivity contribution < 1.29 is 43.2 Å². The van der Waals surface area contributed by atoms with Gasteiger partial charge in [0.15, 0.2) is 6.04 Å². The molecule has 0 spiro atoms. The first-order chi connectivity index (χ1) is 13.9. The van der Waals surface area contributed by atoms with E-state index in [4.69, 9.17) is 14.6 Å². The summed E-state index contributed by atoms with van der Waals surface area (Å²) in [5.74, 6) is -1.35. The molecule has 0 aromatic carbocycles. The van der Waals surface area contributed by atoms with Crippen molar-refractivity contribution in [3.8, 4) is 0 Å². The van der Waals surface area contributed by atoms with Crippen molar-refractivity contribution >= 4 is 48.1 Å². The summed E-state index contributed by atoms with van der Waals surface area (Å²) in [5, 5.41) is 8.99. The van der Waals surface area contributed by atoms with Crippen molar-refractivity contribution in [1.82, 2.24) is 9.80 Å². The van der Waals surface area contributed by atoms with Crippen LogP contribution in [0.3, 0.4) is 0 Å². The third-order valence-corrected chi connectivity index (χ3v) is 3.29. The molecule has 0 radical (unpaired) electrons. The number of esters is 2. The molecule has 0 saturated carbocycles. The minimum Gasteiger partial charge on any atom is -0.467 e. The van der Waals surface area contributed by atoms with Gasteiger partial charge >= 0.3 is 24.1 Å². The number of nitrogens with zero attached hydrogens (tertiary/aromatic N) is 2. The van der Waals surface area contributed by atoms with E-state index in [2.05, 4.69) is 16.1 Å². The molecule has 0 fully saturated rings. The van der Waals surface area contributed by atoms with E-state index in [-0.39, 0.29) is 37.1 Å². The lowest BCUT2D eigenvalue weighted by molar-refractivity contribution is -0.147. The minimum atomic E-state index is -1.04. The van der Waals surface area contributed by atoms with E-state index in [0.717, 1.165) is 9.80 Å². The lowest BCUT2D eigenvalue weighted by Gasteiger charge is -2.28. The molecule has 1 atom stereocenters. The van der Waals surface area contributed by atoms with Crippen molar-refractivity contribution in [2.24, 2.45) is 0 Å². The molecule has 0 bridgehead atoms. The number of amides is 2. The Bertz CT molecular complexity index is 655. The molecule has 1 unspecified atom stereocenters. The van der Waals surface area contributed by atoms with Gasteiger partial charge in [0.1, 0.15) is 16.9 Å². The number of rotatable bonds is 5. The molecular formula is C21H41IN2O9. The average Bonchev–Trinajstić information content (AvgIpc) is 2.64. The number of likely N-dealkylation sites (N-methyl/N-ethyl adjacent to an activating group) is 2. The fraction of sp³-hybridized carbons (Fsp3) is 0.714. The number of hydrogen-bond donors (Lipinski definition) is 1. The number of carbonyl (C=O) groups excluding carboxylic acids is 4. The molecule has 0 saturated heterocycles. The molecule has 0 rings (SSSR count). The summed E-state index contributed by atoms with van der Waals surface area (Å²) in [4.78, 5) is 47.3. The highest BCUT2D eigenvalue weighted by atomic mass is 127. The predicted molar refractivity (Wildman–Crippen MR) is 134 cm³/mol. The summed E-state index contributed by atoms with van der Waals surface area (Å²) >= 11 is 0. The summed E-state index contributed by atoms with van der Waals surface area (Å²) in [7, 11) is 5.17. The molecule has 1 N–H and O–H groups in total. The van der Waals surface area contributed by atoms with Crippen molar-refractivity contribution in [1.29, 1.82) is 0 Å². The number of aliphatic hydroxyl groups is 1. The van der Waals surface area contributed by atoms with Crippen molar-refractivity contribution in [3.05, 3.63) is 12.3 Å². The fourth-order valence-electron chi connectivity index (χ4n) is 1.65. The molecule has 0 heterocycles. The van der Waals surface area contributed by atoms with Gasteiger partial charge in [0.05, 0.1) is 20.8 Å². The Labute approximate surface area is 214 Å². The van der Waals surface area contributed by atoms with Crippen LogP contribution >= 0.6 is 24.0 Å². The second-order valence-corrected chi connectivity index (χ2v) is 8.29. The van der Waals surface area contributed by atoms with Crippen molar-refractivity contribution in [2.45, 2.75) is 66.2 Å². The summed E-state index contributed by atoms with van der Waals surface area (Å²) < 4.78 is 19.0. The van der Waals surface area contributed by atoms with Crippen LogP contribution < -0.4 is 0 Å². The lowest BCUT2D eigenvalue weighted by atomic mass is 10.2. The molecule has 0 aromatic heterocycles. The monoisotopic (exact) mass is 592 g/mol. The topological polar surface area (TPSA) is 132 Å².